The molecule has 0 fully saturated rings. The van der Waals surface area contributed by atoms with Crippen molar-refractivity contribution in [3.8, 4) is 0 Å². The number of rotatable bonds is 4. The molecule has 2 aromatic rings. The number of nitrogens with one attached hydrogen (secondary N) is 1. The average Bonchev–Trinajstić information content (AvgIpc) is 2.80. The van der Waals surface area contributed by atoms with Gasteiger partial charge in [0.2, 0.25) is 0 Å². The zero-order chi connectivity index (χ0) is 12.3. The molecule has 88 valence electrons. The lowest BCUT2D eigenvalue weighted by Gasteiger charge is -2.04. The predicted molar refractivity (Wildman–Crippen MR) is 56.9 cm³/mol. The van der Waals surface area contributed by atoms with Crippen LogP contribution in [0.15, 0.2) is 35.1 Å². The first-order valence-corrected chi connectivity index (χ1v) is 4.74. The van der Waals surface area contributed by atoms with Crippen molar-refractivity contribution in [1.29, 1.82) is 0 Å². The van der Waals surface area contributed by atoms with E-state index in [0.717, 1.165) is 12.1 Å². The zero-order valence-corrected chi connectivity index (χ0v) is 8.59. The van der Waals surface area contributed by atoms with Crippen LogP contribution >= 0.6 is 0 Å². The van der Waals surface area contributed by atoms with E-state index in [4.69, 9.17) is 0 Å². The highest BCUT2D eigenvalue weighted by Gasteiger charge is 2.14. The lowest BCUT2D eigenvalue weighted by atomic mass is 10.2. The number of nitro groups is 1. The molecule has 1 aromatic carbocycles. The maximum atomic E-state index is 12.9. The Kier molecular flexibility index (Phi) is 2.99. The molecule has 1 aromatic heterocycles. The molecular weight excluding hydrogens is 229 g/mol. The lowest BCUT2D eigenvalue weighted by Crippen LogP contribution is -2.03. The van der Waals surface area contributed by atoms with Crippen LogP contribution in [0.1, 0.15) is 5.69 Å². The van der Waals surface area contributed by atoms with Crippen LogP contribution in [-0.2, 0) is 6.54 Å². The van der Waals surface area contributed by atoms with Crippen LogP contribution in [0.2, 0.25) is 0 Å². The van der Waals surface area contributed by atoms with Crippen molar-refractivity contribution >= 4 is 11.4 Å². The summed E-state index contributed by atoms with van der Waals surface area (Å²) in [6.07, 6.45) is 1.40. The number of nitro benzene ring substituents is 1. The molecule has 7 heteroatoms. The fourth-order valence-corrected chi connectivity index (χ4v) is 1.32. The van der Waals surface area contributed by atoms with Gasteiger partial charge in [-0.1, -0.05) is 5.16 Å². The summed E-state index contributed by atoms with van der Waals surface area (Å²) in [5, 5.41) is 17.1. The van der Waals surface area contributed by atoms with Gasteiger partial charge in [-0.05, 0) is 12.1 Å². The zero-order valence-electron chi connectivity index (χ0n) is 8.59. The van der Waals surface area contributed by atoms with Crippen molar-refractivity contribution in [2.24, 2.45) is 0 Å². The number of nitrogens with zero attached hydrogens (tertiary/aromatic N) is 2. The first kappa shape index (κ1) is 11.1. The second-order valence-corrected chi connectivity index (χ2v) is 3.26. The third-order valence-electron chi connectivity index (χ3n) is 2.11. The van der Waals surface area contributed by atoms with E-state index in [1.165, 1.54) is 12.3 Å². The molecule has 1 heterocycles. The fraction of sp³-hybridized carbons (Fsp3) is 0.100. The topological polar surface area (TPSA) is 81.2 Å². The van der Waals surface area contributed by atoms with Crippen LogP contribution in [0.4, 0.5) is 15.8 Å². The minimum absolute atomic E-state index is 0.236. The molecule has 0 atom stereocenters. The summed E-state index contributed by atoms with van der Waals surface area (Å²) in [6, 6.07) is 4.96. The summed E-state index contributed by atoms with van der Waals surface area (Å²) in [7, 11) is 0. The third kappa shape index (κ3) is 2.57. The van der Waals surface area contributed by atoms with Crippen LogP contribution in [0.5, 0.6) is 0 Å². The van der Waals surface area contributed by atoms with E-state index in [2.05, 4.69) is 15.0 Å². The van der Waals surface area contributed by atoms with Gasteiger partial charge in [0, 0.05) is 6.07 Å². The van der Waals surface area contributed by atoms with Crippen LogP contribution < -0.4 is 5.32 Å². The summed E-state index contributed by atoms with van der Waals surface area (Å²) >= 11 is 0. The van der Waals surface area contributed by atoms with Crippen LogP contribution in [0.25, 0.3) is 0 Å². The molecule has 0 spiro atoms. The van der Waals surface area contributed by atoms with Crippen LogP contribution in [0.3, 0.4) is 0 Å². The Labute approximate surface area is 95.2 Å². The largest absolute Gasteiger partial charge is 0.374 e. The first-order valence-electron chi connectivity index (χ1n) is 4.74. The first-order chi connectivity index (χ1) is 8.16. The summed E-state index contributed by atoms with van der Waals surface area (Å²) in [5.41, 5.74) is 0.525. The maximum Gasteiger partial charge on any atom is 0.295 e. The molecule has 0 unspecified atom stereocenters. The Morgan fingerprint density at radius 1 is 1.47 bits per heavy atom. The number of hydrogen-bond donors (Lipinski definition) is 1. The molecule has 0 saturated carbocycles. The van der Waals surface area contributed by atoms with Gasteiger partial charge in [0.15, 0.2) is 0 Å². The molecule has 0 saturated heterocycles. The van der Waals surface area contributed by atoms with Gasteiger partial charge in [0.1, 0.15) is 23.5 Å². The number of halogens is 1. The Hall–Kier alpha value is -2.44. The van der Waals surface area contributed by atoms with Gasteiger partial charge in [-0.15, -0.1) is 0 Å². The van der Waals surface area contributed by atoms with Crippen molar-refractivity contribution in [2.75, 3.05) is 5.32 Å². The minimum atomic E-state index is -0.649. The van der Waals surface area contributed by atoms with Crippen molar-refractivity contribution in [3.05, 3.63) is 52.2 Å². The minimum Gasteiger partial charge on any atom is -0.374 e. The Morgan fingerprint density at radius 3 is 2.94 bits per heavy atom. The van der Waals surface area contributed by atoms with Gasteiger partial charge in [0.05, 0.1) is 17.5 Å². The van der Waals surface area contributed by atoms with Crippen molar-refractivity contribution in [1.82, 2.24) is 5.16 Å². The molecular formula is C10H8FN3O3. The van der Waals surface area contributed by atoms with E-state index in [9.17, 15) is 14.5 Å². The molecule has 0 bridgehead atoms. The summed E-state index contributed by atoms with van der Waals surface area (Å²) in [6.45, 7) is 0.267. The molecule has 6 nitrogen and oxygen atoms in total. The summed E-state index contributed by atoms with van der Waals surface area (Å²) in [5.74, 6) is -0.649. The summed E-state index contributed by atoms with van der Waals surface area (Å²) in [4.78, 5) is 10.1. The van der Waals surface area contributed by atoms with Crippen LogP contribution in [0, 0.1) is 15.9 Å². The molecule has 0 aliphatic carbocycles. The normalized spacial score (nSPS) is 10.2. The van der Waals surface area contributed by atoms with Crippen molar-refractivity contribution in [2.45, 2.75) is 6.54 Å². The maximum absolute atomic E-state index is 12.9. The van der Waals surface area contributed by atoms with Gasteiger partial charge in [-0.2, -0.15) is 0 Å². The Bertz CT molecular complexity index is 528. The van der Waals surface area contributed by atoms with Crippen LogP contribution in [-0.4, -0.2) is 10.1 Å². The highest BCUT2D eigenvalue weighted by atomic mass is 19.1. The highest BCUT2D eigenvalue weighted by molar-refractivity contribution is 5.61. The van der Waals surface area contributed by atoms with Gasteiger partial charge < -0.3 is 9.84 Å². The monoisotopic (exact) mass is 237 g/mol. The molecule has 0 amide bonds. The fourth-order valence-electron chi connectivity index (χ4n) is 1.32. The molecule has 0 radical (unpaired) electrons. The lowest BCUT2D eigenvalue weighted by molar-refractivity contribution is -0.384. The smallest absolute Gasteiger partial charge is 0.295 e. The predicted octanol–water partition coefficient (Wildman–Crippen LogP) is 2.33. The molecule has 2 rings (SSSR count). The van der Waals surface area contributed by atoms with Gasteiger partial charge >= 0.3 is 0 Å². The average molecular weight is 237 g/mol. The highest BCUT2D eigenvalue weighted by Crippen LogP contribution is 2.25. The summed E-state index contributed by atoms with van der Waals surface area (Å²) < 4.78 is 17.5. The molecule has 17 heavy (non-hydrogen) atoms. The van der Waals surface area contributed by atoms with Crippen molar-refractivity contribution in [3.63, 3.8) is 0 Å². The SMILES string of the molecule is O=[N+]([O-])c1cc(F)ccc1NCc1ccon1. The van der Waals surface area contributed by atoms with E-state index >= 15 is 0 Å². The second kappa shape index (κ2) is 4.60. The third-order valence-corrected chi connectivity index (χ3v) is 2.11. The second-order valence-electron chi connectivity index (χ2n) is 3.26. The van der Waals surface area contributed by atoms with E-state index in [0.29, 0.717) is 5.69 Å². The van der Waals surface area contributed by atoms with Gasteiger partial charge in [0.25, 0.3) is 5.69 Å². The van der Waals surface area contributed by atoms with Gasteiger partial charge in [-0.3, -0.25) is 10.1 Å². The van der Waals surface area contributed by atoms with Gasteiger partial charge in [-0.25, -0.2) is 4.39 Å². The van der Waals surface area contributed by atoms with E-state index in [1.54, 1.807) is 6.07 Å². The number of aromatic nitrogens is 1. The van der Waals surface area contributed by atoms with E-state index in [1.807, 2.05) is 0 Å². The molecule has 0 aliphatic rings. The Balaban J connectivity index is 2.17. The molecule has 0 aliphatic heterocycles. The van der Waals surface area contributed by atoms with E-state index < -0.39 is 10.7 Å². The number of anilines is 1. The molecule has 1 N–H and O–H groups in total. The number of benzene rings is 1. The van der Waals surface area contributed by atoms with E-state index in [-0.39, 0.29) is 17.9 Å². The van der Waals surface area contributed by atoms with Crippen molar-refractivity contribution < 1.29 is 13.8 Å². The Morgan fingerprint density at radius 2 is 2.29 bits per heavy atom. The standard InChI is InChI=1S/C10H8FN3O3/c11-7-1-2-9(10(5-7)14(15)16)12-6-8-3-4-17-13-8/h1-5,12H,6H2. The number of hydrogen-bond acceptors (Lipinski definition) is 5. The quantitative estimate of drug-likeness (QED) is 0.651.